The lowest BCUT2D eigenvalue weighted by molar-refractivity contribution is -0.0517. The molecule has 84 valence electrons. The number of aliphatic hydroxyl groups excluding tert-OH is 2. The number of imidazole rings is 1. The number of ether oxygens (including phenoxy) is 1. The molecule has 0 unspecified atom stereocenters. The fourth-order valence-electron chi connectivity index (χ4n) is 1.52. The van der Waals surface area contributed by atoms with E-state index in [2.05, 4.69) is 4.98 Å². The molecule has 1 saturated heterocycles. The van der Waals surface area contributed by atoms with Crippen molar-refractivity contribution in [3.05, 3.63) is 12.5 Å². The minimum Gasteiger partial charge on any atom is -0.394 e. The first-order valence-corrected chi connectivity index (χ1v) is 4.33. The summed E-state index contributed by atoms with van der Waals surface area (Å²) in [6, 6.07) is 0. The van der Waals surface area contributed by atoms with Gasteiger partial charge in [0.15, 0.2) is 6.23 Å². The molecule has 2 heterocycles. The molecular formula is C8H13N3O4. The van der Waals surface area contributed by atoms with Crippen molar-refractivity contribution in [1.29, 1.82) is 0 Å². The molecule has 1 aliphatic heterocycles. The summed E-state index contributed by atoms with van der Waals surface area (Å²) in [7, 11) is 0. The number of hydrogen-bond donors (Lipinski definition) is 4. The number of aromatic nitrogens is 2. The van der Waals surface area contributed by atoms with E-state index in [9.17, 15) is 15.3 Å². The van der Waals surface area contributed by atoms with Crippen LogP contribution in [0, 0.1) is 0 Å². The second-order valence-electron chi connectivity index (χ2n) is 3.28. The predicted octanol–water partition coefficient (Wildman–Crippen LogP) is -1.92. The van der Waals surface area contributed by atoms with Gasteiger partial charge in [0.25, 0.3) is 0 Å². The molecule has 15 heavy (non-hydrogen) atoms. The van der Waals surface area contributed by atoms with Crippen LogP contribution in [0.1, 0.15) is 8.97 Å². The summed E-state index contributed by atoms with van der Waals surface area (Å²) in [5.41, 5.74) is 5.55. The molecule has 4 atom stereocenters. The molecule has 1 fully saturated rings. The molecule has 7 heteroatoms. The molecule has 1 aromatic rings. The first-order valence-electron chi connectivity index (χ1n) is 5.33. The predicted molar refractivity (Wildman–Crippen MR) is 49.6 cm³/mol. The molecule has 0 saturated carbocycles. The monoisotopic (exact) mass is 217 g/mol. The van der Waals surface area contributed by atoms with E-state index in [0.717, 1.165) is 0 Å². The van der Waals surface area contributed by atoms with Gasteiger partial charge in [0, 0.05) is 0 Å². The Hall–Kier alpha value is -1.15. The van der Waals surface area contributed by atoms with E-state index >= 15 is 0 Å². The van der Waals surface area contributed by atoms with Crippen LogP contribution in [-0.4, -0.2) is 49.7 Å². The fraction of sp³-hybridized carbons (Fsp3) is 0.625. The van der Waals surface area contributed by atoms with Crippen molar-refractivity contribution in [3.8, 4) is 0 Å². The zero-order chi connectivity index (χ0) is 12.8. The van der Waals surface area contributed by atoms with E-state index in [-0.39, 0.29) is 5.82 Å². The van der Waals surface area contributed by atoms with Gasteiger partial charge < -0.3 is 25.8 Å². The lowest BCUT2D eigenvalue weighted by atomic mass is 10.1. The van der Waals surface area contributed by atoms with E-state index in [1.54, 1.807) is 0 Å². The van der Waals surface area contributed by atoms with Gasteiger partial charge in [-0.25, -0.2) is 4.98 Å². The molecule has 7 nitrogen and oxygen atoms in total. The van der Waals surface area contributed by atoms with Crippen LogP contribution < -0.4 is 5.73 Å². The van der Waals surface area contributed by atoms with E-state index in [0.29, 0.717) is 0 Å². The third-order valence-electron chi connectivity index (χ3n) is 2.34. The molecule has 0 aromatic carbocycles. The largest absolute Gasteiger partial charge is 0.394 e. The molecule has 0 bridgehead atoms. The van der Waals surface area contributed by atoms with Crippen LogP contribution >= 0.6 is 0 Å². The van der Waals surface area contributed by atoms with Gasteiger partial charge in [-0.05, 0) is 0 Å². The van der Waals surface area contributed by atoms with Crippen LogP contribution in [0.25, 0.3) is 0 Å². The Kier molecular flexibility index (Phi) is 2.03. The highest BCUT2D eigenvalue weighted by Crippen LogP contribution is 2.30. The van der Waals surface area contributed by atoms with E-state index in [1.165, 1.54) is 17.1 Å². The normalized spacial score (nSPS) is 38.9. The van der Waals surface area contributed by atoms with Gasteiger partial charge >= 0.3 is 0 Å². The summed E-state index contributed by atoms with van der Waals surface area (Å²) in [5.74, 6) is 0.195. The molecule has 0 aliphatic carbocycles. The van der Waals surface area contributed by atoms with Crippen molar-refractivity contribution in [2.24, 2.45) is 0 Å². The van der Waals surface area contributed by atoms with Crippen LogP contribution in [0.15, 0.2) is 12.5 Å². The van der Waals surface area contributed by atoms with Crippen molar-refractivity contribution in [2.45, 2.75) is 24.5 Å². The lowest BCUT2D eigenvalue weighted by Crippen LogP contribution is -2.33. The van der Waals surface area contributed by atoms with Gasteiger partial charge in [0.2, 0.25) is 0 Å². The van der Waals surface area contributed by atoms with Gasteiger partial charge in [0.05, 0.1) is 21.8 Å². The third kappa shape index (κ3) is 1.59. The van der Waals surface area contributed by atoms with Crippen LogP contribution in [0.5, 0.6) is 0 Å². The standard InChI is InChI=1S/C8H13N3O4/c9-5-1-10-3-11(5)8-7(14)6(13)4(2-12)15-8/h1,3-4,6-8,12-14H,2,9H2/t4-,6-,7-,8-/m1/s1/i2D2. The van der Waals surface area contributed by atoms with Gasteiger partial charge in [-0.3, -0.25) is 4.57 Å². The second kappa shape index (κ2) is 3.78. The molecule has 1 aromatic heterocycles. The van der Waals surface area contributed by atoms with Gasteiger partial charge in [-0.1, -0.05) is 0 Å². The molecule has 0 radical (unpaired) electrons. The molecule has 1 aliphatic rings. The van der Waals surface area contributed by atoms with Crippen LogP contribution in [0.3, 0.4) is 0 Å². The Balaban J connectivity index is 2.26. The summed E-state index contributed by atoms with van der Waals surface area (Å²) in [5, 5.41) is 28.5. The Morgan fingerprint density at radius 3 is 2.80 bits per heavy atom. The molecular weight excluding hydrogens is 202 g/mol. The van der Waals surface area contributed by atoms with Gasteiger partial charge in [-0.15, -0.1) is 0 Å². The maximum absolute atomic E-state index is 9.73. The van der Waals surface area contributed by atoms with E-state index in [4.69, 9.17) is 13.2 Å². The first kappa shape index (κ1) is 8.05. The smallest absolute Gasteiger partial charge is 0.165 e. The number of nitrogen functional groups attached to an aromatic ring is 1. The first-order chi connectivity index (χ1) is 7.82. The lowest BCUT2D eigenvalue weighted by Gasteiger charge is -2.16. The van der Waals surface area contributed by atoms with Crippen molar-refractivity contribution in [1.82, 2.24) is 9.55 Å². The summed E-state index contributed by atoms with van der Waals surface area (Å²) >= 11 is 0. The van der Waals surface area contributed by atoms with Crippen LogP contribution in [-0.2, 0) is 4.74 Å². The minimum absolute atomic E-state index is 0.195. The molecule has 0 spiro atoms. The number of nitrogens with zero attached hydrogens (tertiary/aromatic N) is 2. The number of hydrogen-bond acceptors (Lipinski definition) is 6. The average molecular weight is 217 g/mol. The number of rotatable bonds is 2. The molecule has 2 rings (SSSR count). The fourth-order valence-corrected chi connectivity index (χ4v) is 1.52. The maximum atomic E-state index is 9.73. The van der Waals surface area contributed by atoms with Crippen LogP contribution in [0.4, 0.5) is 5.82 Å². The summed E-state index contributed by atoms with van der Waals surface area (Å²) < 4.78 is 20.5. The highest BCUT2D eigenvalue weighted by molar-refractivity contribution is 5.25. The van der Waals surface area contributed by atoms with Crippen molar-refractivity contribution in [2.75, 3.05) is 12.3 Å². The topological polar surface area (TPSA) is 114 Å². The Morgan fingerprint density at radius 1 is 1.60 bits per heavy atom. The Morgan fingerprint density at radius 2 is 2.33 bits per heavy atom. The molecule has 5 N–H and O–H groups in total. The Bertz CT molecular complexity index is 408. The Labute approximate surface area is 88.5 Å². The maximum Gasteiger partial charge on any atom is 0.165 e. The van der Waals surface area contributed by atoms with Crippen molar-refractivity contribution in [3.63, 3.8) is 0 Å². The van der Waals surface area contributed by atoms with Gasteiger partial charge in [0.1, 0.15) is 24.1 Å². The number of nitrogens with two attached hydrogens (primary N) is 1. The second-order valence-corrected chi connectivity index (χ2v) is 3.28. The summed E-state index contributed by atoms with van der Waals surface area (Å²) in [4.78, 5) is 3.72. The minimum atomic E-state index is -2.76. The zero-order valence-corrected chi connectivity index (χ0v) is 7.69. The highest BCUT2D eigenvalue weighted by atomic mass is 16.6. The molecule has 0 amide bonds. The average Bonchev–Trinajstić information content (AvgIpc) is 2.73. The summed E-state index contributed by atoms with van der Waals surface area (Å²) in [6.07, 6.45) is -2.99. The zero-order valence-electron chi connectivity index (χ0n) is 9.69. The quantitative estimate of drug-likeness (QED) is 0.459. The number of aliphatic hydroxyl groups is 3. The van der Waals surface area contributed by atoms with Crippen molar-refractivity contribution >= 4 is 5.82 Å². The van der Waals surface area contributed by atoms with E-state index in [1.807, 2.05) is 0 Å². The SMILES string of the molecule is [2H]C([2H])(O)[C@H]1O[C@@H](n2cncc2N)[C@H](O)[C@@H]1O. The highest BCUT2D eigenvalue weighted by Gasteiger charge is 2.43. The van der Waals surface area contributed by atoms with Crippen molar-refractivity contribution < 1.29 is 22.8 Å². The van der Waals surface area contributed by atoms with Crippen LogP contribution in [0.2, 0.25) is 0 Å². The third-order valence-corrected chi connectivity index (χ3v) is 2.34. The summed E-state index contributed by atoms with van der Waals surface area (Å²) in [6.45, 7) is -2.76. The van der Waals surface area contributed by atoms with Gasteiger partial charge in [-0.2, -0.15) is 0 Å². The van der Waals surface area contributed by atoms with E-state index < -0.39 is 31.1 Å². The number of anilines is 1.